The van der Waals surface area contributed by atoms with Crippen molar-refractivity contribution in [2.45, 2.75) is 39.3 Å². The Balaban J connectivity index is 4.02. The lowest BCUT2D eigenvalue weighted by atomic mass is 10.1. The average molecular weight is 232 g/mol. The molecular formula is C10H20N2O4. The summed E-state index contributed by atoms with van der Waals surface area (Å²) in [6.07, 6.45) is 0.810. The van der Waals surface area contributed by atoms with Gasteiger partial charge in [-0.3, -0.25) is 0 Å². The van der Waals surface area contributed by atoms with Gasteiger partial charge in [0.05, 0.1) is 6.61 Å². The van der Waals surface area contributed by atoms with Gasteiger partial charge in [-0.1, -0.05) is 13.8 Å². The number of aliphatic hydroxyl groups is 1. The van der Waals surface area contributed by atoms with Crippen molar-refractivity contribution in [2.75, 3.05) is 6.61 Å². The molecule has 0 rings (SSSR count). The molecule has 2 amide bonds. The Hall–Kier alpha value is -1.30. The van der Waals surface area contributed by atoms with Crippen LogP contribution in [0.25, 0.3) is 0 Å². The lowest BCUT2D eigenvalue weighted by molar-refractivity contribution is -0.140. The fourth-order valence-electron chi connectivity index (χ4n) is 1.38. The van der Waals surface area contributed by atoms with Crippen molar-refractivity contribution in [3.63, 3.8) is 0 Å². The number of urea groups is 1. The van der Waals surface area contributed by atoms with E-state index in [1.54, 1.807) is 0 Å². The van der Waals surface area contributed by atoms with Crippen LogP contribution in [0.5, 0.6) is 0 Å². The van der Waals surface area contributed by atoms with Crippen LogP contribution < -0.4 is 10.6 Å². The Labute approximate surface area is 95.0 Å². The van der Waals surface area contributed by atoms with Gasteiger partial charge in [-0.25, -0.2) is 9.59 Å². The molecule has 0 spiro atoms. The topological polar surface area (TPSA) is 98.7 Å². The van der Waals surface area contributed by atoms with Crippen LogP contribution in [0.15, 0.2) is 0 Å². The summed E-state index contributed by atoms with van der Waals surface area (Å²) in [6, 6.07) is -1.87. The molecule has 0 radical (unpaired) electrons. The molecule has 0 aliphatic heterocycles. The van der Waals surface area contributed by atoms with Gasteiger partial charge in [-0.05, 0) is 19.3 Å². The zero-order valence-corrected chi connectivity index (χ0v) is 9.86. The third-order valence-electron chi connectivity index (χ3n) is 1.99. The number of aliphatic hydroxyl groups excluding tert-OH is 1. The number of carboxylic acids is 1. The predicted octanol–water partition coefficient (Wildman–Crippen LogP) is 0.166. The third-order valence-corrected chi connectivity index (χ3v) is 1.99. The van der Waals surface area contributed by atoms with Crippen molar-refractivity contribution in [3.8, 4) is 0 Å². The zero-order valence-electron chi connectivity index (χ0n) is 9.86. The van der Waals surface area contributed by atoms with E-state index in [9.17, 15) is 9.59 Å². The first-order chi connectivity index (χ1) is 7.36. The SMILES string of the molecule is CC(C)CC(C)NC(=O)N[C@@H](CO)C(=O)O. The van der Waals surface area contributed by atoms with Gasteiger partial charge in [0.2, 0.25) is 0 Å². The molecule has 0 aromatic heterocycles. The number of hydrogen-bond donors (Lipinski definition) is 4. The lowest BCUT2D eigenvalue weighted by Gasteiger charge is -2.18. The van der Waals surface area contributed by atoms with E-state index in [-0.39, 0.29) is 6.04 Å². The fourth-order valence-corrected chi connectivity index (χ4v) is 1.38. The summed E-state index contributed by atoms with van der Waals surface area (Å²) in [5.41, 5.74) is 0. The highest BCUT2D eigenvalue weighted by atomic mass is 16.4. The average Bonchev–Trinajstić information content (AvgIpc) is 2.11. The van der Waals surface area contributed by atoms with E-state index in [1.165, 1.54) is 0 Å². The van der Waals surface area contributed by atoms with Crippen molar-refractivity contribution >= 4 is 12.0 Å². The first kappa shape index (κ1) is 14.7. The smallest absolute Gasteiger partial charge is 0.328 e. The van der Waals surface area contributed by atoms with Crippen molar-refractivity contribution in [3.05, 3.63) is 0 Å². The molecule has 1 unspecified atom stereocenters. The normalized spacial score (nSPS) is 14.3. The summed E-state index contributed by atoms with van der Waals surface area (Å²) in [7, 11) is 0. The molecule has 0 aromatic carbocycles. The number of hydrogen-bond acceptors (Lipinski definition) is 3. The van der Waals surface area contributed by atoms with Crippen LogP contribution in [0.4, 0.5) is 4.79 Å². The van der Waals surface area contributed by atoms with E-state index in [1.807, 2.05) is 20.8 Å². The minimum absolute atomic E-state index is 0.0341. The molecule has 0 aromatic rings. The van der Waals surface area contributed by atoms with E-state index >= 15 is 0 Å². The van der Waals surface area contributed by atoms with E-state index in [2.05, 4.69) is 10.6 Å². The molecule has 0 aliphatic carbocycles. The molecule has 4 N–H and O–H groups in total. The molecule has 0 aliphatic rings. The summed E-state index contributed by atoms with van der Waals surface area (Å²) in [5, 5.41) is 22.1. The second-order valence-electron chi connectivity index (χ2n) is 4.22. The molecular weight excluding hydrogens is 212 g/mol. The Morgan fingerprint density at radius 2 is 1.75 bits per heavy atom. The number of nitrogens with one attached hydrogen (secondary N) is 2. The quantitative estimate of drug-likeness (QED) is 0.524. The van der Waals surface area contributed by atoms with Crippen LogP contribution >= 0.6 is 0 Å². The molecule has 0 heterocycles. The number of rotatable bonds is 6. The first-order valence-corrected chi connectivity index (χ1v) is 5.27. The maximum atomic E-state index is 11.3. The standard InChI is InChI=1S/C10H20N2O4/c1-6(2)4-7(3)11-10(16)12-8(5-13)9(14)15/h6-8,13H,4-5H2,1-3H3,(H,14,15)(H2,11,12,16)/t7?,8-/m0/s1. The van der Waals surface area contributed by atoms with E-state index in [4.69, 9.17) is 10.2 Å². The summed E-state index contributed by atoms with van der Waals surface area (Å²) in [5.74, 6) is -0.808. The zero-order chi connectivity index (χ0) is 12.7. The molecule has 0 bridgehead atoms. The summed E-state index contributed by atoms with van der Waals surface area (Å²) in [6.45, 7) is 5.28. The highest BCUT2D eigenvalue weighted by Crippen LogP contribution is 2.03. The van der Waals surface area contributed by atoms with Gasteiger partial charge in [0.15, 0.2) is 6.04 Å². The fraction of sp³-hybridized carbons (Fsp3) is 0.800. The molecule has 0 fully saturated rings. The van der Waals surface area contributed by atoms with Gasteiger partial charge in [0.1, 0.15) is 0 Å². The van der Waals surface area contributed by atoms with Gasteiger partial charge in [0.25, 0.3) is 0 Å². The molecule has 2 atom stereocenters. The molecule has 6 heteroatoms. The summed E-state index contributed by atoms with van der Waals surface area (Å²) < 4.78 is 0. The molecule has 94 valence electrons. The molecule has 0 saturated heterocycles. The van der Waals surface area contributed by atoms with Crippen molar-refractivity contribution in [1.29, 1.82) is 0 Å². The Morgan fingerprint density at radius 3 is 2.12 bits per heavy atom. The van der Waals surface area contributed by atoms with Crippen LogP contribution in [0.3, 0.4) is 0 Å². The Bertz CT molecular complexity index is 243. The van der Waals surface area contributed by atoms with Gasteiger partial charge < -0.3 is 20.8 Å². The molecule has 6 nitrogen and oxygen atoms in total. The second kappa shape index (κ2) is 7.05. The second-order valence-corrected chi connectivity index (χ2v) is 4.22. The number of amides is 2. The van der Waals surface area contributed by atoms with Gasteiger partial charge in [0, 0.05) is 6.04 Å². The predicted molar refractivity (Wildman–Crippen MR) is 59.1 cm³/mol. The third kappa shape index (κ3) is 6.23. The van der Waals surface area contributed by atoms with Crippen LogP contribution in [0.2, 0.25) is 0 Å². The van der Waals surface area contributed by atoms with E-state index in [0.29, 0.717) is 5.92 Å². The van der Waals surface area contributed by atoms with Crippen LogP contribution in [-0.2, 0) is 4.79 Å². The van der Waals surface area contributed by atoms with E-state index in [0.717, 1.165) is 6.42 Å². The maximum absolute atomic E-state index is 11.3. The van der Waals surface area contributed by atoms with E-state index < -0.39 is 24.6 Å². The van der Waals surface area contributed by atoms with Crippen LogP contribution in [0, 0.1) is 5.92 Å². The Kier molecular flexibility index (Phi) is 6.48. The van der Waals surface area contributed by atoms with Crippen molar-refractivity contribution < 1.29 is 19.8 Å². The minimum Gasteiger partial charge on any atom is -0.480 e. The molecule has 0 saturated carbocycles. The highest BCUT2D eigenvalue weighted by molar-refractivity contribution is 5.82. The van der Waals surface area contributed by atoms with Crippen molar-refractivity contribution in [2.24, 2.45) is 5.92 Å². The van der Waals surface area contributed by atoms with Crippen LogP contribution in [-0.4, -0.2) is 40.9 Å². The lowest BCUT2D eigenvalue weighted by Crippen LogP contribution is -2.50. The van der Waals surface area contributed by atoms with Gasteiger partial charge in [-0.2, -0.15) is 0 Å². The summed E-state index contributed by atoms with van der Waals surface area (Å²) in [4.78, 5) is 21.8. The largest absolute Gasteiger partial charge is 0.480 e. The summed E-state index contributed by atoms with van der Waals surface area (Å²) >= 11 is 0. The number of aliphatic carboxylic acids is 1. The monoisotopic (exact) mass is 232 g/mol. The number of carbonyl (C=O) groups excluding carboxylic acids is 1. The number of carbonyl (C=O) groups is 2. The maximum Gasteiger partial charge on any atom is 0.328 e. The van der Waals surface area contributed by atoms with Gasteiger partial charge >= 0.3 is 12.0 Å². The number of carboxylic acid groups (broad SMARTS) is 1. The minimum atomic E-state index is -1.26. The van der Waals surface area contributed by atoms with Crippen molar-refractivity contribution in [1.82, 2.24) is 10.6 Å². The Morgan fingerprint density at radius 1 is 1.19 bits per heavy atom. The highest BCUT2D eigenvalue weighted by Gasteiger charge is 2.19. The molecule has 16 heavy (non-hydrogen) atoms. The van der Waals surface area contributed by atoms with Gasteiger partial charge in [-0.15, -0.1) is 0 Å². The first-order valence-electron chi connectivity index (χ1n) is 5.27. The van der Waals surface area contributed by atoms with Crippen LogP contribution in [0.1, 0.15) is 27.2 Å².